The van der Waals surface area contributed by atoms with E-state index in [1.807, 2.05) is 0 Å². The number of carbonyl (C=O) groups is 1. The van der Waals surface area contributed by atoms with Gasteiger partial charge in [-0.05, 0) is 13.8 Å². The lowest BCUT2D eigenvalue weighted by Gasteiger charge is -1.84. The van der Waals surface area contributed by atoms with E-state index in [1.54, 1.807) is 19.9 Å². The molecular formula is C5H9ClO2. The SMILES string of the molecule is CC=C(C)C(=O)O.Cl. The van der Waals surface area contributed by atoms with E-state index in [9.17, 15) is 4.79 Å². The number of hydrogen-bond acceptors (Lipinski definition) is 1. The Morgan fingerprint density at radius 2 is 2.00 bits per heavy atom. The van der Waals surface area contributed by atoms with Crippen LogP contribution in [0.3, 0.4) is 0 Å². The number of rotatable bonds is 1. The van der Waals surface area contributed by atoms with Crippen LogP contribution in [0.2, 0.25) is 0 Å². The van der Waals surface area contributed by atoms with Crippen molar-refractivity contribution in [2.75, 3.05) is 0 Å². The average molecular weight is 137 g/mol. The molecule has 0 bridgehead atoms. The quantitative estimate of drug-likeness (QED) is 0.554. The van der Waals surface area contributed by atoms with E-state index < -0.39 is 5.97 Å². The van der Waals surface area contributed by atoms with Crippen LogP contribution < -0.4 is 0 Å². The maximum absolute atomic E-state index is 9.86. The van der Waals surface area contributed by atoms with Crippen molar-refractivity contribution in [3.8, 4) is 0 Å². The minimum atomic E-state index is -0.845. The van der Waals surface area contributed by atoms with Gasteiger partial charge in [-0.3, -0.25) is 0 Å². The maximum atomic E-state index is 9.86. The van der Waals surface area contributed by atoms with E-state index in [0.29, 0.717) is 5.57 Å². The summed E-state index contributed by atoms with van der Waals surface area (Å²) in [7, 11) is 0. The van der Waals surface area contributed by atoms with Gasteiger partial charge in [0.1, 0.15) is 0 Å². The summed E-state index contributed by atoms with van der Waals surface area (Å²) in [5, 5.41) is 8.11. The lowest BCUT2D eigenvalue weighted by atomic mass is 10.3. The van der Waals surface area contributed by atoms with Gasteiger partial charge < -0.3 is 5.11 Å². The van der Waals surface area contributed by atoms with Crippen LogP contribution in [0.1, 0.15) is 13.8 Å². The number of hydrogen-bond donors (Lipinski definition) is 1. The highest BCUT2D eigenvalue weighted by Gasteiger charge is 1.93. The zero-order chi connectivity index (χ0) is 5.86. The number of carboxylic acid groups (broad SMARTS) is 1. The fourth-order valence-electron chi connectivity index (χ4n) is 0.123. The van der Waals surface area contributed by atoms with Crippen molar-refractivity contribution in [2.24, 2.45) is 0 Å². The first-order valence-corrected chi connectivity index (χ1v) is 2.04. The van der Waals surface area contributed by atoms with Crippen LogP contribution in [0.4, 0.5) is 0 Å². The Bertz CT molecular complexity index is 107. The van der Waals surface area contributed by atoms with Gasteiger partial charge in [0, 0.05) is 5.57 Å². The smallest absolute Gasteiger partial charge is 0.330 e. The molecule has 48 valence electrons. The maximum Gasteiger partial charge on any atom is 0.330 e. The Morgan fingerprint density at radius 3 is 2.00 bits per heavy atom. The molecule has 0 spiro atoms. The molecule has 8 heavy (non-hydrogen) atoms. The number of aliphatic carboxylic acids is 1. The first kappa shape index (κ1) is 10.5. The summed E-state index contributed by atoms with van der Waals surface area (Å²) in [6, 6.07) is 0. The summed E-state index contributed by atoms with van der Waals surface area (Å²) >= 11 is 0. The predicted molar refractivity (Wildman–Crippen MR) is 34.3 cm³/mol. The number of allylic oxidation sites excluding steroid dienone is 1. The number of carboxylic acids is 1. The normalized spacial score (nSPS) is 10.0. The van der Waals surface area contributed by atoms with Gasteiger partial charge in [-0.15, -0.1) is 12.4 Å². The van der Waals surface area contributed by atoms with Gasteiger partial charge in [-0.2, -0.15) is 0 Å². The van der Waals surface area contributed by atoms with E-state index in [1.165, 1.54) is 0 Å². The fourth-order valence-corrected chi connectivity index (χ4v) is 0.123. The van der Waals surface area contributed by atoms with Crippen LogP contribution in [0.15, 0.2) is 11.6 Å². The fraction of sp³-hybridized carbons (Fsp3) is 0.400. The van der Waals surface area contributed by atoms with Crippen LogP contribution in [-0.2, 0) is 4.79 Å². The third-order valence-electron chi connectivity index (χ3n) is 0.770. The van der Waals surface area contributed by atoms with Gasteiger partial charge in [0.25, 0.3) is 0 Å². The third kappa shape index (κ3) is 3.68. The van der Waals surface area contributed by atoms with Crippen molar-refractivity contribution in [2.45, 2.75) is 13.8 Å². The van der Waals surface area contributed by atoms with Gasteiger partial charge in [-0.1, -0.05) is 6.08 Å². The molecule has 0 aromatic heterocycles. The largest absolute Gasteiger partial charge is 0.478 e. The number of halogens is 1. The molecule has 0 amide bonds. The molecule has 0 unspecified atom stereocenters. The summed E-state index contributed by atoms with van der Waals surface area (Å²) in [5.74, 6) is -0.845. The Balaban J connectivity index is 0. The minimum absolute atomic E-state index is 0. The van der Waals surface area contributed by atoms with Gasteiger partial charge >= 0.3 is 5.97 Å². The van der Waals surface area contributed by atoms with Gasteiger partial charge in [0.05, 0.1) is 0 Å². The molecule has 0 saturated carbocycles. The molecule has 0 fully saturated rings. The molecule has 0 aliphatic carbocycles. The minimum Gasteiger partial charge on any atom is -0.478 e. The highest BCUT2D eigenvalue weighted by atomic mass is 35.5. The van der Waals surface area contributed by atoms with E-state index in [4.69, 9.17) is 5.11 Å². The zero-order valence-corrected chi connectivity index (χ0v) is 5.66. The van der Waals surface area contributed by atoms with Crippen molar-refractivity contribution in [3.05, 3.63) is 11.6 Å². The Hall–Kier alpha value is -0.500. The lowest BCUT2D eigenvalue weighted by Crippen LogP contribution is -1.93. The van der Waals surface area contributed by atoms with Crippen LogP contribution >= 0.6 is 12.4 Å². The second-order valence-corrected chi connectivity index (χ2v) is 1.28. The van der Waals surface area contributed by atoms with E-state index in [2.05, 4.69) is 0 Å². The molecule has 2 nitrogen and oxygen atoms in total. The molecule has 1 N–H and O–H groups in total. The van der Waals surface area contributed by atoms with Crippen LogP contribution in [0.25, 0.3) is 0 Å². The molecule has 0 aliphatic rings. The summed E-state index contributed by atoms with van der Waals surface area (Å²) in [6.07, 6.45) is 1.56. The van der Waals surface area contributed by atoms with Gasteiger partial charge in [0.2, 0.25) is 0 Å². The van der Waals surface area contributed by atoms with Gasteiger partial charge in [0.15, 0.2) is 0 Å². The summed E-state index contributed by atoms with van der Waals surface area (Å²) in [4.78, 5) is 9.86. The topological polar surface area (TPSA) is 37.3 Å². The Labute approximate surface area is 54.6 Å². The van der Waals surface area contributed by atoms with Crippen molar-refractivity contribution >= 4 is 18.4 Å². The van der Waals surface area contributed by atoms with Crippen LogP contribution in [-0.4, -0.2) is 11.1 Å². The van der Waals surface area contributed by atoms with E-state index >= 15 is 0 Å². The molecule has 0 aliphatic heterocycles. The van der Waals surface area contributed by atoms with Crippen molar-refractivity contribution in [3.63, 3.8) is 0 Å². The summed E-state index contributed by atoms with van der Waals surface area (Å²) in [6.45, 7) is 3.26. The van der Waals surface area contributed by atoms with E-state index in [-0.39, 0.29) is 12.4 Å². The van der Waals surface area contributed by atoms with Crippen molar-refractivity contribution < 1.29 is 9.90 Å². The molecule has 3 heteroatoms. The molecular weight excluding hydrogens is 128 g/mol. The average Bonchev–Trinajstić information content (AvgIpc) is 1.65. The lowest BCUT2D eigenvalue weighted by molar-refractivity contribution is -0.132. The predicted octanol–water partition coefficient (Wildman–Crippen LogP) is 1.46. The second kappa shape index (κ2) is 4.65. The van der Waals surface area contributed by atoms with Gasteiger partial charge in [-0.25, -0.2) is 4.79 Å². The Morgan fingerprint density at radius 1 is 1.62 bits per heavy atom. The highest BCUT2D eigenvalue weighted by molar-refractivity contribution is 5.85. The molecule has 0 atom stereocenters. The monoisotopic (exact) mass is 136 g/mol. The standard InChI is InChI=1S/C5H8O2.ClH/c1-3-4(2)5(6)7;/h3H,1-2H3,(H,6,7);1H. The molecule has 0 radical (unpaired) electrons. The molecule has 0 heterocycles. The zero-order valence-electron chi connectivity index (χ0n) is 4.84. The highest BCUT2D eigenvalue weighted by Crippen LogP contribution is 1.87. The Kier molecular flexibility index (Phi) is 6.09. The third-order valence-corrected chi connectivity index (χ3v) is 0.770. The molecule has 0 aromatic carbocycles. The van der Waals surface area contributed by atoms with Crippen molar-refractivity contribution in [1.82, 2.24) is 0 Å². The molecule has 0 saturated heterocycles. The molecule has 0 aromatic rings. The van der Waals surface area contributed by atoms with Crippen LogP contribution in [0, 0.1) is 0 Å². The van der Waals surface area contributed by atoms with Crippen molar-refractivity contribution in [1.29, 1.82) is 0 Å². The first-order chi connectivity index (χ1) is 3.18. The molecule has 0 rings (SSSR count). The first-order valence-electron chi connectivity index (χ1n) is 2.04. The summed E-state index contributed by atoms with van der Waals surface area (Å²) in [5.41, 5.74) is 0.389. The summed E-state index contributed by atoms with van der Waals surface area (Å²) < 4.78 is 0. The van der Waals surface area contributed by atoms with Crippen LogP contribution in [0.5, 0.6) is 0 Å². The van der Waals surface area contributed by atoms with E-state index in [0.717, 1.165) is 0 Å². The second-order valence-electron chi connectivity index (χ2n) is 1.28.